The Balaban J connectivity index is 2.22. The van der Waals surface area contributed by atoms with Crippen molar-refractivity contribution >= 4 is 26.0 Å². The lowest BCUT2D eigenvalue weighted by molar-refractivity contribution is -0.140. The summed E-state index contributed by atoms with van der Waals surface area (Å²) < 4.78 is 54.3. The van der Waals surface area contributed by atoms with Crippen LogP contribution in [0.25, 0.3) is 0 Å². The van der Waals surface area contributed by atoms with Crippen molar-refractivity contribution in [3.05, 3.63) is 89.5 Å². The van der Waals surface area contributed by atoms with E-state index in [1.165, 1.54) is 72.8 Å². The average molecular weight is 490 g/mol. The molecule has 0 saturated carbocycles. The number of carboxylic acid groups (broad SMARTS) is 1. The van der Waals surface area contributed by atoms with Crippen LogP contribution in [0.3, 0.4) is 0 Å². The molecule has 0 heterocycles. The van der Waals surface area contributed by atoms with Crippen molar-refractivity contribution in [2.45, 2.75) is 36.1 Å². The summed E-state index contributed by atoms with van der Waals surface area (Å²) in [4.78, 5) is 11.6. The van der Waals surface area contributed by atoms with E-state index in [9.17, 15) is 31.8 Å². The zero-order valence-corrected chi connectivity index (χ0v) is 19.5. The number of carboxylic acids is 1. The molecule has 33 heavy (non-hydrogen) atoms. The molecule has 3 aromatic carbocycles. The number of aromatic hydroxyl groups is 1. The van der Waals surface area contributed by atoms with E-state index in [1.807, 2.05) is 0 Å². The highest BCUT2D eigenvalue weighted by atomic mass is 32.3. The van der Waals surface area contributed by atoms with E-state index in [0.29, 0.717) is 5.56 Å². The summed E-state index contributed by atoms with van der Waals surface area (Å²) >= 11 is 0. The van der Waals surface area contributed by atoms with Crippen LogP contribution in [0.15, 0.2) is 82.6 Å². The highest BCUT2D eigenvalue weighted by Gasteiger charge is 2.45. The number of benzene rings is 3. The largest absolute Gasteiger partial charge is 0.508 e. The smallest absolute Gasteiger partial charge is 0.323 e. The average Bonchev–Trinajstić information content (AvgIpc) is 2.75. The molecule has 0 radical (unpaired) electrons. The summed E-state index contributed by atoms with van der Waals surface area (Å²) in [6.45, 7) is 3.48. The number of aliphatic carboxylic acids is 1. The molecule has 0 aliphatic carbocycles. The summed E-state index contributed by atoms with van der Waals surface area (Å²) in [5.74, 6) is -1.70. The van der Waals surface area contributed by atoms with Gasteiger partial charge in [-0.3, -0.25) is 4.79 Å². The molecule has 174 valence electrons. The van der Waals surface area contributed by atoms with Crippen LogP contribution in [0.5, 0.6) is 5.75 Å². The molecular weight excluding hydrogens is 466 g/mol. The first kappa shape index (κ1) is 24.4. The van der Waals surface area contributed by atoms with Gasteiger partial charge < -0.3 is 10.2 Å². The van der Waals surface area contributed by atoms with Gasteiger partial charge in [0.05, 0.1) is 9.79 Å². The van der Waals surface area contributed by atoms with Crippen molar-refractivity contribution in [3.8, 4) is 5.75 Å². The fraction of sp³-hybridized carbons (Fsp3) is 0.174. The second-order valence-corrected chi connectivity index (χ2v) is 11.4. The van der Waals surface area contributed by atoms with Crippen LogP contribution in [-0.4, -0.2) is 42.8 Å². The Hall–Kier alpha value is -3.21. The van der Waals surface area contributed by atoms with Crippen molar-refractivity contribution in [2.24, 2.45) is 0 Å². The number of phenols is 1. The van der Waals surface area contributed by atoms with Crippen molar-refractivity contribution in [3.63, 3.8) is 0 Å². The molecule has 0 aromatic heterocycles. The van der Waals surface area contributed by atoms with Crippen molar-refractivity contribution < 1.29 is 31.8 Å². The van der Waals surface area contributed by atoms with E-state index < -0.39 is 38.5 Å². The molecule has 2 N–H and O–H groups in total. The molecular formula is C23H23NO7S2. The Labute approximate surface area is 192 Å². The lowest BCUT2D eigenvalue weighted by Gasteiger charge is -2.28. The van der Waals surface area contributed by atoms with Gasteiger partial charge >= 0.3 is 5.97 Å². The predicted molar refractivity (Wildman–Crippen MR) is 122 cm³/mol. The maximum Gasteiger partial charge on any atom is 0.323 e. The maximum atomic E-state index is 13.6. The number of hydrogen-bond donors (Lipinski definition) is 2. The first-order chi connectivity index (χ1) is 15.4. The molecule has 1 atom stereocenters. The molecule has 10 heteroatoms. The highest BCUT2D eigenvalue weighted by Crippen LogP contribution is 2.29. The Morgan fingerprint density at radius 2 is 1.15 bits per heavy atom. The van der Waals surface area contributed by atoms with Crippen LogP contribution in [0.4, 0.5) is 0 Å². The summed E-state index contributed by atoms with van der Waals surface area (Å²) in [6, 6.07) is 14.4. The lowest BCUT2D eigenvalue weighted by atomic mass is 10.1. The van der Waals surface area contributed by atoms with Gasteiger partial charge in [0.1, 0.15) is 11.8 Å². The summed E-state index contributed by atoms with van der Waals surface area (Å²) in [6.07, 6.45) is -0.439. The van der Waals surface area contributed by atoms with Crippen molar-refractivity contribution in [2.75, 3.05) is 0 Å². The lowest BCUT2D eigenvalue weighted by Crippen LogP contribution is -2.49. The number of hydrogen-bond acceptors (Lipinski definition) is 6. The number of phenolic OH excluding ortho intramolecular Hbond substituents is 1. The summed E-state index contributed by atoms with van der Waals surface area (Å²) in [7, 11) is -9.58. The van der Waals surface area contributed by atoms with E-state index >= 15 is 0 Å². The molecule has 0 bridgehead atoms. The highest BCUT2D eigenvalue weighted by molar-refractivity contribution is 8.04. The van der Waals surface area contributed by atoms with E-state index in [2.05, 4.69) is 0 Å². The van der Waals surface area contributed by atoms with Crippen molar-refractivity contribution in [1.29, 1.82) is 0 Å². The van der Waals surface area contributed by atoms with Crippen LogP contribution >= 0.6 is 0 Å². The number of carbonyl (C=O) groups is 1. The van der Waals surface area contributed by atoms with Crippen molar-refractivity contribution in [1.82, 2.24) is 3.71 Å². The molecule has 0 aliphatic heterocycles. The van der Waals surface area contributed by atoms with E-state index in [1.54, 1.807) is 13.8 Å². The van der Waals surface area contributed by atoms with Gasteiger partial charge in [0.25, 0.3) is 20.0 Å². The Morgan fingerprint density at radius 1 is 0.758 bits per heavy atom. The fourth-order valence-electron chi connectivity index (χ4n) is 3.20. The molecule has 0 saturated heterocycles. The molecule has 3 rings (SSSR count). The minimum Gasteiger partial charge on any atom is -0.508 e. The number of aryl methyl sites for hydroxylation is 2. The van der Waals surface area contributed by atoms with Gasteiger partial charge in [-0.05, 0) is 55.8 Å². The topological polar surface area (TPSA) is 129 Å². The summed E-state index contributed by atoms with van der Waals surface area (Å²) in [5, 5.41) is 19.4. The second kappa shape index (κ2) is 9.34. The van der Waals surface area contributed by atoms with E-state index in [4.69, 9.17) is 0 Å². The van der Waals surface area contributed by atoms with E-state index in [-0.39, 0.29) is 19.3 Å². The van der Waals surface area contributed by atoms with Gasteiger partial charge in [-0.1, -0.05) is 51.2 Å². The Kier molecular flexibility index (Phi) is 6.92. The minimum absolute atomic E-state index is 0.0676. The summed E-state index contributed by atoms with van der Waals surface area (Å²) in [5.41, 5.74) is 1.84. The van der Waals surface area contributed by atoms with Gasteiger partial charge in [0.15, 0.2) is 0 Å². The van der Waals surface area contributed by atoms with Crippen LogP contribution in [-0.2, 0) is 31.3 Å². The maximum absolute atomic E-state index is 13.6. The van der Waals surface area contributed by atoms with Crippen LogP contribution in [0, 0.1) is 13.8 Å². The molecule has 1 unspecified atom stereocenters. The third-order valence-electron chi connectivity index (χ3n) is 5.02. The first-order valence-electron chi connectivity index (χ1n) is 9.86. The van der Waals surface area contributed by atoms with Gasteiger partial charge in [0, 0.05) is 6.42 Å². The number of rotatable bonds is 8. The number of sulfonamides is 2. The third-order valence-corrected chi connectivity index (χ3v) is 9.39. The minimum atomic E-state index is -4.79. The van der Waals surface area contributed by atoms with Crippen LogP contribution in [0.2, 0.25) is 0 Å². The van der Waals surface area contributed by atoms with E-state index in [0.717, 1.165) is 11.1 Å². The number of nitrogens with zero attached hydrogens (tertiary/aromatic N) is 1. The van der Waals surface area contributed by atoms with Gasteiger partial charge in [0.2, 0.25) is 0 Å². The Morgan fingerprint density at radius 3 is 1.52 bits per heavy atom. The standard InChI is InChI=1S/C23H23NO7S2/c1-16-3-11-20(12-4-16)32(28,29)24(33(30,31)21-13-5-17(2)6-14-21)22(23(26)27)15-18-7-9-19(25)10-8-18/h3-14,22,25H,15H2,1-2H3,(H,26,27). The molecule has 3 aromatic rings. The molecule has 0 spiro atoms. The molecule has 0 fully saturated rings. The SMILES string of the molecule is Cc1ccc(S(=O)(=O)N(C(Cc2ccc(O)cc2)C(=O)O)S(=O)(=O)c2ccc(C)cc2)cc1. The van der Waals surface area contributed by atoms with Crippen LogP contribution in [0.1, 0.15) is 16.7 Å². The Bertz CT molecular complexity index is 1270. The molecule has 0 amide bonds. The van der Waals surface area contributed by atoms with Crippen LogP contribution < -0.4 is 0 Å². The second-order valence-electron chi connectivity index (χ2n) is 7.59. The molecule has 8 nitrogen and oxygen atoms in total. The third kappa shape index (κ3) is 5.24. The van der Waals surface area contributed by atoms with Gasteiger partial charge in [-0.15, -0.1) is 0 Å². The normalized spacial score (nSPS) is 13.1. The fourth-order valence-corrected chi connectivity index (χ4v) is 7.12. The zero-order valence-electron chi connectivity index (χ0n) is 17.9. The monoisotopic (exact) mass is 489 g/mol. The zero-order chi connectivity index (χ0) is 24.4. The van der Waals surface area contributed by atoms with Gasteiger partial charge in [-0.25, -0.2) is 16.8 Å². The van der Waals surface area contributed by atoms with Gasteiger partial charge in [-0.2, -0.15) is 0 Å². The predicted octanol–water partition coefficient (Wildman–Crippen LogP) is 3.08. The molecule has 0 aliphatic rings. The first-order valence-corrected chi connectivity index (χ1v) is 12.7. The quantitative estimate of drug-likeness (QED) is 0.497.